The van der Waals surface area contributed by atoms with Gasteiger partial charge in [-0.05, 0) is 25.0 Å². The number of carbonyl (C=O) groups excluding carboxylic acids is 1. The molecule has 1 amide bonds. The predicted molar refractivity (Wildman–Crippen MR) is 77.0 cm³/mol. The molecular weight excluding hydrogens is 254 g/mol. The lowest BCUT2D eigenvalue weighted by molar-refractivity contribution is -0.124. The Morgan fingerprint density at radius 3 is 2.85 bits per heavy atom. The molecule has 0 aliphatic heterocycles. The van der Waals surface area contributed by atoms with E-state index in [2.05, 4.69) is 15.5 Å². The van der Waals surface area contributed by atoms with Gasteiger partial charge in [0.05, 0.1) is 12.1 Å². The molecule has 3 atom stereocenters. The Morgan fingerprint density at radius 1 is 1.40 bits per heavy atom. The molecule has 0 radical (unpaired) electrons. The van der Waals surface area contributed by atoms with E-state index in [-0.39, 0.29) is 17.9 Å². The van der Waals surface area contributed by atoms with Crippen LogP contribution in [0, 0.1) is 5.92 Å². The number of carbonyl (C=O) groups is 1. The first-order chi connectivity index (χ1) is 9.54. The standard InChI is InChI=1S/C14H21N5O/c1-4-9(2)12(15)14(20)16-10(3)13-18-17-11-7-5-6-8-19(11)13/h5-10,12H,4,15H2,1-3H3,(H,16,20). The number of rotatable bonds is 5. The highest BCUT2D eigenvalue weighted by molar-refractivity contribution is 5.82. The maximum atomic E-state index is 12.1. The molecule has 3 N–H and O–H groups in total. The average molecular weight is 275 g/mol. The topological polar surface area (TPSA) is 85.3 Å². The van der Waals surface area contributed by atoms with Crippen molar-refractivity contribution in [1.82, 2.24) is 19.9 Å². The zero-order valence-electron chi connectivity index (χ0n) is 12.1. The Labute approximate surface area is 118 Å². The van der Waals surface area contributed by atoms with Crippen LogP contribution >= 0.6 is 0 Å². The molecule has 0 spiro atoms. The largest absolute Gasteiger partial charge is 0.345 e. The van der Waals surface area contributed by atoms with Crippen molar-refractivity contribution in [2.24, 2.45) is 11.7 Å². The number of fused-ring (bicyclic) bond motifs is 1. The minimum Gasteiger partial charge on any atom is -0.345 e. The fraction of sp³-hybridized carbons (Fsp3) is 0.500. The Balaban J connectivity index is 2.12. The number of nitrogens with zero attached hydrogens (tertiary/aromatic N) is 3. The maximum absolute atomic E-state index is 12.1. The van der Waals surface area contributed by atoms with E-state index >= 15 is 0 Å². The van der Waals surface area contributed by atoms with Crippen molar-refractivity contribution in [3.8, 4) is 0 Å². The molecule has 0 fully saturated rings. The van der Waals surface area contributed by atoms with Crippen LogP contribution in [-0.2, 0) is 4.79 Å². The van der Waals surface area contributed by atoms with Crippen LogP contribution in [0.5, 0.6) is 0 Å². The molecule has 108 valence electrons. The Bertz CT molecular complexity index is 594. The fourth-order valence-corrected chi connectivity index (χ4v) is 2.04. The summed E-state index contributed by atoms with van der Waals surface area (Å²) in [5.74, 6) is 0.696. The van der Waals surface area contributed by atoms with Crippen molar-refractivity contribution in [3.05, 3.63) is 30.2 Å². The van der Waals surface area contributed by atoms with Crippen molar-refractivity contribution in [2.75, 3.05) is 0 Å². The Morgan fingerprint density at radius 2 is 2.15 bits per heavy atom. The molecule has 0 aromatic carbocycles. The Hall–Kier alpha value is -1.95. The van der Waals surface area contributed by atoms with Gasteiger partial charge in [-0.2, -0.15) is 0 Å². The van der Waals surface area contributed by atoms with E-state index in [0.29, 0.717) is 5.82 Å². The van der Waals surface area contributed by atoms with E-state index < -0.39 is 6.04 Å². The van der Waals surface area contributed by atoms with Gasteiger partial charge < -0.3 is 11.1 Å². The minimum absolute atomic E-state index is 0.150. The molecule has 6 heteroatoms. The van der Waals surface area contributed by atoms with Gasteiger partial charge >= 0.3 is 0 Å². The van der Waals surface area contributed by atoms with Crippen LogP contribution in [0.15, 0.2) is 24.4 Å². The molecular formula is C14H21N5O. The maximum Gasteiger partial charge on any atom is 0.237 e. The van der Waals surface area contributed by atoms with Crippen LogP contribution in [0.4, 0.5) is 0 Å². The monoisotopic (exact) mass is 275 g/mol. The second-order valence-electron chi connectivity index (χ2n) is 5.13. The van der Waals surface area contributed by atoms with E-state index in [4.69, 9.17) is 5.73 Å². The lowest BCUT2D eigenvalue weighted by Crippen LogP contribution is -2.45. The summed E-state index contributed by atoms with van der Waals surface area (Å²) in [4.78, 5) is 12.1. The summed E-state index contributed by atoms with van der Waals surface area (Å²) in [6.07, 6.45) is 2.75. The van der Waals surface area contributed by atoms with Gasteiger partial charge in [0.15, 0.2) is 11.5 Å². The van der Waals surface area contributed by atoms with Gasteiger partial charge in [-0.25, -0.2) is 0 Å². The second-order valence-corrected chi connectivity index (χ2v) is 5.13. The molecule has 2 rings (SSSR count). The number of nitrogens with two attached hydrogens (primary N) is 1. The van der Waals surface area contributed by atoms with Crippen LogP contribution in [-0.4, -0.2) is 26.5 Å². The fourth-order valence-electron chi connectivity index (χ4n) is 2.04. The normalized spacial score (nSPS) is 15.8. The van der Waals surface area contributed by atoms with Crippen molar-refractivity contribution < 1.29 is 4.79 Å². The highest BCUT2D eigenvalue weighted by atomic mass is 16.2. The quantitative estimate of drug-likeness (QED) is 0.860. The highest BCUT2D eigenvalue weighted by Crippen LogP contribution is 2.13. The molecule has 0 saturated heterocycles. The van der Waals surface area contributed by atoms with E-state index in [1.54, 1.807) is 0 Å². The van der Waals surface area contributed by atoms with Crippen LogP contribution in [0.2, 0.25) is 0 Å². The molecule has 0 aliphatic carbocycles. The number of nitrogens with one attached hydrogen (secondary N) is 1. The van der Waals surface area contributed by atoms with E-state index in [1.807, 2.05) is 49.6 Å². The summed E-state index contributed by atoms with van der Waals surface area (Å²) < 4.78 is 1.86. The number of pyridine rings is 1. The lowest BCUT2D eigenvalue weighted by Gasteiger charge is -2.20. The molecule has 20 heavy (non-hydrogen) atoms. The van der Waals surface area contributed by atoms with Crippen LogP contribution in [0.3, 0.4) is 0 Å². The molecule has 0 aliphatic rings. The first kappa shape index (κ1) is 14.5. The zero-order valence-corrected chi connectivity index (χ0v) is 12.1. The summed E-state index contributed by atoms with van der Waals surface area (Å²) in [7, 11) is 0. The third-order valence-corrected chi connectivity index (χ3v) is 3.65. The number of aromatic nitrogens is 3. The zero-order chi connectivity index (χ0) is 14.7. The summed E-state index contributed by atoms with van der Waals surface area (Å²) in [6, 6.07) is 4.93. The second kappa shape index (κ2) is 6.00. The molecule has 2 aromatic heterocycles. The van der Waals surface area contributed by atoms with Gasteiger partial charge in [0, 0.05) is 6.20 Å². The number of hydrogen-bond acceptors (Lipinski definition) is 4. The third-order valence-electron chi connectivity index (χ3n) is 3.65. The summed E-state index contributed by atoms with van der Waals surface area (Å²) >= 11 is 0. The molecule has 2 heterocycles. The predicted octanol–water partition coefficient (Wildman–Crippen LogP) is 1.28. The van der Waals surface area contributed by atoms with Crippen molar-refractivity contribution in [3.63, 3.8) is 0 Å². The van der Waals surface area contributed by atoms with Crippen molar-refractivity contribution in [2.45, 2.75) is 39.3 Å². The van der Waals surface area contributed by atoms with Crippen LogP contribution < -0.4 is 11.1 Å². The average Bonchev–Trinajstić information content (AvgIpc) is 2.89. The molecule has 2 aromatic rings. The van der Waals surface area contributed by atoms with E-state index in [1.165, 1.54) is 0 Å². The van der Waals surface area contributed by atoms with Gasteiger partial charge in [0.1, 0.15) is 0 Å². The van der Waals surface area contributed by atoms with Gasteiger partial charge in [-0.15, -0.1) is 10.2 Å². The van der Waals surface area contributed by atoms with E-state index in [9.17, 15) is 4.79 Å². The minimum atomic E-state index is -0.498. The number of hydrogen-bond donors (Lipinski definition) is 2. The SMILES string of the molecule is CCC(C)C(N)C(=O)NC(C)c1nnc2ccccn12. The molecule has 3 unspecified atom stereocenters. The van der Waals surface area contributed by atoms with Gasteiger partial charge in [-0.1, -0.05) is 26.3 Å². The summed E-state index contributed by atoms with van der Waals surface area (Å²) in [5, 5.41) is 11.1. The van der Waals surface area contributed by atoms with Crippen molar-refractivity contribution >= 4 is 11.6 Å². The Kier molecular flexibility index (Phi) is 4.34. The van der Waals surface area contributed by atoms with E-state index in [0.717, 1.165) is 12.1 Å². The van der Waals surface area contributed by atoms with Gasteiger partial charge in [0.2, 0.25) is 5.91 Å². The summed E-state index contributed by atoms with van der Waals surface area (Å²) in [5.41, 5.74) is 6.69. The smallest absolute Gasteiger partial charge is 0.237 e. The first-order valence-corrected chi connectivity index (χ1v) is 6.90. The highest BCUT2D eigenvalue weighted by Gasteiger charge is 2.23. The number of amides is 1. The molecule has 0 saturated carbocycles. The lowest BCUT2D eigenvalue weighted by atomic mass is 9.99. The van der Waals surface area contributed by atoms with Gasteiger partial charge in [-0.3, -0.25) is 9.20 Å². The molecule has 0 bridgehead atoms. The van der Waals surface area contributed by atoms with Crippen LogP contribution in [0.1, 0.15) is 39.1 Å². The van der Waals surface area contributed by atoms with Crippen molar-refractivity contribution in [1.29, 1.82) is 0 Å². The first-order valence-electron chi connectivity index (χ1n) is 6.90. The van der Waals surface area contributed by atoms with Crippen LogP contribution in [0.25, 0.3) is 5.65 Å². The summed E-state index contributed by atoms with van der Waals surface area (Å²) in [6.45, 7) is 5.87. The molecule has 6 nitrogen and oxygen atoms in total. The van der Waals surface area contributed by atoms with Gasteiger partial charge in [0.25, 0.3) is 0 Å². The third kappa shape index (κ3) is 2.80.